The van der Waals surface area contributed by atoms with Gasteiger partial charge in [-0.2, -0.15) is 4.98 Å². The monoisotopic (exact) mass is 394 g/mol. The average molecular weight is 394 g/mol. The highest BCUT2D eigenvalue weighted by Crippen LogP contribution is 2.20. The van der Waals surface area contributed by atoms with Crippen LogP contribution in [0.4, 0.5) is 8.78 Å². The molecule has 1 aromatic heterocycles. The highest BCUT2D eigenvalue weighted by Gasteiger charge is 2.23. The third-order valence-electron chi connectivity index (χ3n) is 4.57. The van der Waals surface area contributed by atoms with Crippen molar-refractivity contribution in [3.05, 3.63) is 30.2 Å². The normalized spacial score (nSPS) is 15.2. The molecule has 1 fully saturated rings. The number of benzene rings is 1. The Balaban J connectivity index is 1.47. The van der Waals surface area contributed by atoms with Crippen LogP contribution in [0.15, 0.2) is 28.8 Å². The van der Waals surface area contributed by atoms with E-state index in [1.165, 1.54) is 0 Å². The first kappa shape index (κ1) is 20.2. The summed E-state index contributed by atoms with van der Waals surface area (Å²) in [7, 11) is 0. The number of nitrogens with zero attached hydrogens (tertiary/aromatic N) is 4. The summed E-state index contributed by atoms with van der Waals surface area (Å²) in [5, 5.41) is 3.96. The molecule has 28 heavy (non-hydrogen) atoms. The number of aromatic nitrogens is 2. The zero-order valence-electron chi connectivity index (χ0n) is 15.8. The molecule has 0 radical (unpaired) electrons. The first-order valence-electron chi connectivity index (χ1n) is 9.39. The highest BCUT2D eigenvalue weighted by atomic mass is 19.3. The topological polar surface area (TPSA) is 71.7 Å². The minimum atomic E-state index is -2.34. The lowest BCUT2D eigenvalue weighted by molar-refractivity contribution is -0.133. The molecule has 0 saturated carbocycles. The largest absolute Gasteiger partial charge is 0.494 e. The maximum Gasteiger partial charge on any atom is 0.251 e. The van der Waals surface area contributed by atoms with Crippen LogP contribution >= 0.6 is 0 Å². The Morgan fingerprint density at radius 1 is 1.21 bits per heavy atom. The average Bonchev–Trinajstić information content (AvgIpc) is 3.16. The number of hydrogen-bond donors (Lipinski definition) is 0. The molecule has 1 aromatic carbocycles. The molecule has 0 N–H and O–H groups in total. The molecule has 2 heterocycles. The van der Waals surface area contributed by atoms with Crippen LogP contribution in [-0.4, -0.2) is 71.6 Å². The third kappa shape index (κ3) is 5.48. The Bertz CT molecular complexity index is 759. The van der Waals surface area contributed by atoms with Gasteiger partial charge in [0.05, 0.1) is 13.2 Å². The number of amides is 1. The van der Waals surface area contributed by atoms with Crippen molar-refractivity contribution in [2.45, 2.75) is 26.2 Å². The number of carbonyl (C=O) groups is 1. The van der Waals surface area contributed by atoms with Crippen LogP contribution in [0.5, 0.6) is 5.75 Å². The van der Waals surface area contributed by atoms with Gasteiger partial charge in [-0.3, -0.25) is 9.69 Å². The number of rotatable bonds is 8. The van der Waals surface area contributed by atoms with Crippen LogP contribution in [0.2, 0.25) is 0 Å². The fraction of sp³-hybridized carbons (Fsp3) is 0.526. The van der Waals surface area contributed by atoms with Crippen LogP contribution in [0.25, 0.3) is 11.4 Å². The molecule has 152 valence electrons. The van der Waals surface area contributed by atoms with Crippen molar-refractivity contribution < 1.29 is 22.8 Å². The summed E-state index contributed by atoms with van der Waals surface area (Å²) in [4.78, 5) is 20.0. The van der Waals surface area contributed by atoms with Gasteiger partial charge in [-0.05, 0) is 31.2 Å². The van der Waals surface area contributed by atoms with Crippen molar-refractivity contribution >= 4 is 5.91 Å². The van der Waals surface area contributed by atoms with E-state index in [1.54, 1.807) is 9.80 Å². The first-order valence-corrected chi connectivity index (χ1v) is 9.39. The number of hydrogen-bond acceptors (Lipinski definition) is 6. The molecule has 7 nitrogen and oxygen atoms in total. The van der Waals surface area contributed by atoms with E-state index in [1.807, 2.05) is 31.2 Å². The number of halogens is 2. The lowest BCUT2D eigenvalue weighted by atomic mass is 10.2. The minimum absolute atomic E-state index is 0.0301. The molecule has 2 aromatic rings. The van der Waals surface area contributed by atoms with Crippen LogP contribution < -0.4 is 4.74 Å². The third-order valence-corrected chi connectivity index (χ3v) is 4.57. The molecule has 1 amide bonds. The molecular formula is C19H24F2N4O3. The maximum absolute atomic E-state index is 12.4. The summed E-state index contributed by atoms with van der Waals surface area (Å²) >= 11 is 0. The van der Waals surface area contributed by atoms with E-state index in [-0.39, 0.29) is 18.9 Å². The number of carbonyl (C=O) groups excluding carboxylic acids is 1. The lowest BCUT2D eigenvalue weighted by Gasteiger charge is -2.34. The Labute approximate surface area is 162 Å². The van der Waals surface area contributed by atoms with Crippen molar-refractivity contribution in [1.82, 2.24) is 19.9 Å². The van der Waals surface area contributed by atoms with Crippen LogP contribution in [0.1, 0.15) is 19.2 Å². The minimum Gasteiger partial charge on any atom is -0.494 e. The van der Waals surface area contributed by atoms with E-state index in [0.717, 1.165) is 11.3 Å². The van der Waals surface area contributed by atoms with E-state index in [0.29, 0.717) is 50.9 Å². The standard InChI is InChI=1S/C19H24F2N4O3/c1-2-27-15-5-3-14(4-6-15)19-22-17(28-23-19)7-8-18(26)25-11-9-24(10-12-25)13-16(20)21/h3-6,16H,2,7-13H2,1H3. The molecular weight excluding hydrogens is 370 g/mol. The molecule has 0 unspecified atom stereocenters. The Morgan fingerprint density at radius 2 is 1.93 bits per heavy atom. The predicted molar refractivity (Wildman–Crippen MR) is 98.2 cm³/mol. The Morgan fingerprint density at radius 3 is 2.57 bits per heavy atom. The van der Waals surface area contributed by atoms with E-state index in [2.05, 4.69) is 10.1 Å². The Kier molecular flexibility index (Phi) is 6.91. The van der Waals surface area contributed by atoms with Crippen LogP contribution in [0, 0.1) is 0 Å². The van der Waals surface area contributed by atoms with Gasteiger partial charge in [-0.25, -0.2) is 8.78 Å². The van der Waals surface area contributed by atoms with Gasteiger partial charge >= 0.3 is 0 Å². The van der Waals surface area contributed by atoms with Gasteiger partial charge in [0.1, 0.15) is 5.75 Å². The molecule has 0 atom stereocenters. The predicted octanol–water partition coefficient (Wildman–Crippen LogP) is 2.48. The van der Waals surface area contributed by atoms with Crippen molar-refractivity contribution in [3.63, 3.8) is 0 Å². The molecule has 0 bridgehead atoms. The Hall–Kier alpha value is -2.55. The van der Waals surface area contributed by atoms with Crippen LogP contribution in [0.3, 0.4) is 0 Å². The molecule has 1 saturated heterocycles. The van der Waals surface area contributed by atoms with E-state index in [4.69, 9.17) is 9.26 Å². The SMILES string of the molecule is CCOc1ccc(-c2noc(CCC(=O)N3CCN(CC(F)F)CC3)n2)cc1. The second kappa shape index (κ2) is 9.59. The fourth-order valence-corrected chi connectivity index (χ4v) is 3.09. The van der Waals surface area contributed by atoms with E-state index < -0.39 is 6.43 Å². The second-order valence-electron chi connectivity index (χ2n) is 6.54. The van der Waals surface area contributed by atoms with Crippen molar-refractivity contribution in [2.24, 2.45) is 0 Å². The van der Waals surface area contributed by atoms with E-state index in [9.17, 15) is 13.6 Å². The number of piperazine rings is 1. The molecule has 0 spiro atoms. The number of aryl methyl sites for hydroxylation is 1. The van der Waals surface area contributed by atoms with Crippen LogP contribution in [-0.2, 0) is 11.2 Å². The summed E-state index contributed by atoms with van der Waals surface area (Å²) in [6.07, 6.45) is -1.75. The van der Waals surface area contributed by atoms with Crippen molar-refractivity contribution in [3.8, 4) is 17.1 Å². The summed E-state index contributed by atoms with van der Waals surface area (Å²) in [6.45, 7) is 4.15. The highest BCUT2D eigenvalue weighted by molar-refractivity contribution is 5.76. The molecule has 1 aliphatic heterocycles. The zero-order chi connectivity index (χ0) is 19.9. The molecule has 0 aliphatic carbocycles. The second-order valence-corrected chi connectivity index (χ2v) is 6.54. The van der Waals surface area contributed by atoms with Gasteiger partial charge in [-0.1, -0.05) is 5.16 Å². The van der Waals surface area contributed by atoms with Gasteiger partial charge in [0.2, 0.25) is 17.6 Å². The zero-order valence-corrected chi connectivity index (χ0v) is 15.8. The summed E-state index contributed by atoms with van der Waals surface area (Å²) in [6, 6.07) is 7.38. The molecule has 9 heteroatoms. The number of alkyl halides is 2. The lowest BCUT2D eigenvalue weighted by Crippen LogP contribution is -2.49. The van der Waals surface area contributed by atoms with Gasteiger partial charge in [0.25, 0.3) is 6.43 Å². The quantitative estimate of drug-likeness (QED) is 0.685. The smallest absolute Gasteiger partial charge is 0.251 e. The summed E-state index contributed by atoms with van der Waals surface area (Å²) in [5.41, 5.74) is 0.805. The maximum atomic E-state index is 12.4. The van der Waals surface area contributed by atoms with Gasteiger partial charge in [-0.15, -0.1) is 0 Å². The number of ether oxygens (including phenoxy) is 1. The first-order chi connectivity index (χ1) is 13.5. The van der Waals surface area contributed by atoms with Gasteiger partial charge in [0.15, 0.2) is 0 Å². The van der Waals surface area contributed by atoms with E-state index >= 15 is 0 Å². The van der Waals surface area contributed by atoms with Gasteiger partial charge in [0, 0.05) is 44.6 Å². The summed E-state index contributed by atoms with van der Waals surface area (Å²) in [5.74, 6) is 1.60. The molecule has 1 aliphatic rings. The summed E-state index contributed by atoms with van der Waals surface area (Å²) < 4.78 is 35.5. The van der Waals surface area contributed by atoms with Gasteiger partial charge < -0.3 is 14.2 Å². The van der Waals surface area contributed by atoms with Crippen molar-refractivity contribution in [2.75, 3.05) is 39.3 Å². The molecule has 3 rings (SSSR count). The van der Waals surface area contributed by atoms with Crippen molar-refractivity contribution in [1.29, 1.82) is 0 Å². The fourth-order valence-electron chi connectivity index (χ4n) is 3.09.